The van der Waals surface area contributed by atoms with Crippen molar-refractivity contribution >= 4 is 22.4 Å². The molecule has 0 unspecified atom stereocenters. The van der Waals surface area contributed by atoms with Crippen LogP contribution in [0.4, 0.5) is 5.13 Å². The van der Waals surface area contributed by atoms with E-state index in [4.69, 9.17) is 10.5 Å². The Labute approximate surface area is 110 Å². The molecule has 0 saturated carbocycles. The fourth-order valence-corrected chi connectivity index (χ4v) is 2.38. The van der Waals surface area contributed by atoms with E-state index in [-0.39, 0.29) is 5.91 Å². The molecule has 100 valence electrons. The third-order valence-corrected chi connectivity index (χ3v) is 3.47. The number of ether oxygens (including phenoxy) is 1. The van der Waals surface area contributed by atoms with Gasteiger partial charge in [-0.05, 0) is 0 Å². The Hall–Kier alpha value is -1.18. The number of carbonyl (C=O) groups is 1. The molecule has 1 aromatic heterocycles. The molecule has 1 aliphatic rings. The van der Waals surface area contributed by atoms with Crippen molar-refractivity contribution < 1.29 is 9.53 Å². The molecule has 3 N–H and O–H groups in total. The summed E-state index contributed by atoms with van der Waals surface area (Å²) in [5.41, 5.74) is 6.47. The fourth-order valence-electron chi connectivity index (χ4n) is 1.79. The van der Waals surface area contributed by atoms with E-state index < -0.39 is 0 Å². The van der Waals surface area contributed by atoms with Gasteiger partial charge in [0, 0.05) is 31.4 Å². The number of aromatic nitrogens is 1. The highest BCUT2D eigenvalue weighted by molar-refractivity contribution is 7.13. The second kappa shape index (κ2) is 6.67. The van der Waals surface area contributed by atoms with Gasteiger partial charge < -0.3 is 15.8 Å². The summed E-state index contributed by atoms with van der Waals surface area (Å²) in [7, 11) is 0. The first-order valence-corrected chi connectivity index (χ1v) is 6.88. The van der Waals surface area contributed by atoms with Gasteiger partial charge in [0.15, 0.2) is 5.13 Å². The number of nitrogen functional groups attached to an aromatic ring is 1. The van der Waals surface area contributed by atoms with Gasteiger partial charge in [-0.25, -0.2) is 4.98 Å². The van der Waals surface area contributed by atoms with Crippen molar-refractivity contribution in [1.82, 2.24) is 15.2 Å². The van der Waals surface area contributed by atoms with Crippen LogP contribution in [0.25, 0.3) is 0 Å². The molecular weight excluding hydrogens is 252 g/mol. The monoisotopic (exact) mass is 270 g/mol. The van der Waals surface area contributed by atoms with E-state index in [0.29, 0.717) is 31.4 Å². The van der Waals surface area contributed by atoms with Crippen molar-refractivity contribution in [2.45, 2.75) is 6.42 Å². The number of thiazole rings is 1. The molecule has 18 heavy (non-hydrogen) atoms. The molecular formula is C11H18N4O2S. The van der Waals surface area contributed by atoms with Crippen molar-refractivity contribution in [3.8, 4) is 0 Å². The van der Waals surface area contributed by atoms with Gasteiger partial charge in [-0.2, -0.15) is 0 Å². The highest BCUT2D eigenvalue weighted by Gasteiger charge is 2.13. The number of amides is 1. The zero-order valence-corrected chi connectivity index (χ0v) is 11.0. The van der Waals surface area contributed by atoms with Crippen molar-refractivity contribution in [3.05, 3.63) is 11.1 Å². The SMILES string of the molecule is Nc1nc(CCNC(=O)CN2CCOCC2)cs1. The molecule has 0 radical (unpaired) electrons. The minimum Gasteiger partial charge on any atom is -0.379 e. The van der Waals surface area contributed by atoms with Crippen LogP contribution in [-0.2, 0) is 16.0 Å². The lowest BCUT2D eigenvalue weighted by Gasteiger charge is -2.25. The van der Waals surface area contributed by atoms with E-state index >= 15 is 0 Å². The van der Waals surface area contributed by atoms with E-state index in [9.17, 15) is 4.79 Å². The Morgan fingerprint density at radius 1 is 1.56 bits per heavy atom. The fraction of sp³-hybridized carbons (Fsp3) is 0.636. The highest BCUT2D eigenvalue weighted by Crippen LogP contribution is 2.10. The topological polar surface area (TPSA) is 80.5 Å². The lowest BCUT2D eigenvalue weighted by atomic mass is 10.3. The van der Waals surface area contributed by atoms with Gasteiger partial charge in [-0.3, -0.25) is 9.69 Å². The van der Waals surface area contributed by atoms with Gasteiger partial charge in [-0.15, -0.1) is 11.3 Å². The number of anilines is 1. The van der Waals surface area contributed by atoms with Crippen LogP contribution in [0.15, 0.2) is 5.38 Å². The maximum Gasteiger partial charge on any atom is 0.234 e. The van der Waals surface area contributed by atoms with Crippen molar-refractivity contribution in [2.24, 2.45) is 0 Å². The van der Waals surface area contributed by atoms with Crippen LogP contribution >= 0.6 is 11.3 Å². The zero-order valence-electron chi connectivity index (χ0n) is 10.2. The van der Waals surface area contributed by atoms with Gasteiger partial charge >= 0.3 is 0 Å². The van der Waals surface area contributed by atoms with Crippen LogP contribution in [0.3, 0.4) is 0 Å². The van der Waals surface area contributed by atoms with Gasteiger partial charge in [0.2, 0.25) is 5.91 Å². The van der Waals surface area contributed by atoms with Crippen molar-refractivity contribution in [3.63, 3.8) is 0 Å². The minimum absolute atomic E-state index is 0.0556. The third kappa shape index (κ3) is 4.25. The van der Waals surface area contributed by atoms with Gasteiger partial charge in [-0.1, -0.05) is 0 Å². The second-order valence-electron chi connectivity index (χ2n) is 4.17. The number of hydrogen-bond donors (Lipinski definition) is 2. The van der Waals surface area contributed by atoms with E-state index in [0.717, 1.165) is 25.2 Å². The Morgan fingerprint density at radius 3 is 3.00 bits per heavy atom. The lowest BCUT2D eigenvalue weighted by molar-refractivity contribution is -0.123. The molecule has 0 atom stereocenters. The molecule has 1 fully saturated rings. The summed E-state index contributed by atoms with van der Waals surface area (Å²) in [6.07, 6.45) is 0.725. The van der Waals surface area contributed by atoms with Gasteiger partial charge in [0.1, 0.15) is 0 Å². The number of nitrogens with one attached hydrogen (secondary N) is 1. The molecule has 6 nitrogen and oxygen atoms in total. The summed E-state index contributed by atoms with van der Waals surface area (Å²) in [4.78, 5) is 17.9. The van der Waals surface area contributed by atoms with Crippen LogP contribution in [0.1, 0.15) is 5.69 Å². The summed E-state index contributed by atoms with van der Waals surface area (Å²) in [5.74, 6) is 0.0556. The van der Waals surface area contributed by atoms with E-state index in [1.54, 1.807) is 0 Å². The summed E-state index contributed by atoms with van der Waals surface area (Å²) in [6.45, 7) is 4.14. The van der Waals surface area contributed by atoms with Gasteiger partial charge in [0.05, 0.1) is 25.5 Å². The van der Waals surface area contributed by atoms with Gasteiger partial charge in [0.25, 0.3) is 0 Å². The number of rotatable bonds is 5. The Balaban J connectivity index is 1.62. The molecule has 0 aromatic carbocycles. The van der Waals surface area contributed by atoms with Crippen LogP contribution in [0, 0.1) is 0 Å². The predicted molar refractivity (Wildman–Crippen MR) is 70.5 cm³/mol. The second-order valence-corrected chi connectivity index (χ2v) is 5.06. The summed E-state index contributed by atoms with van der Waals surface area (Å²) in [5, 5.41) is 5.38. The molecule has 0 bridgehead atoms. The molecule has 1 saturated heterocycles. The van der Waals surface area contributed by atoms with E-state index in [1.165, 1.54) is 11.3 Å². The van der Waals surface area contributed by atoms with Crippen LogP contribution in [-0.4, -0.2) is 55.2 Å². The molecule has 7 heteroatoms. The normalized spacial score (nSPS) is 16.7. The Kier molecular flexibility index (Phi) is 4.91. The Morgan fingerprint density at radius 2 is 2.33 bits per heavy atom. The molecule has 1 amide bonds. The third-order valence-electron chi connectivity index (χ3n) is 2.74. The molecule has 1 aromatic rings. The molecule has 2 heterocycles. The predicted octanol–water partition coefficient (Wildman–Crippen LogP) is -0.284. The quantitative estimate of drug-likeness (QED) is 0.769. The number of hydrogen-bond acceptors (Lipinski definition) is 6. The lowest BCUT2D eigenvalue weighted by Crippen LogP contribution is -2.43. The molecule has 1 aliphatic heterocycles. The summed E-state index contributed by atoms with van der Waals surface area (Å²) >= 11 is 1.42. The number of carbonyl (C=O) groups excluding carboxylic acids is 1. The molecule has 0 aliphatic carbocycles. The smallest absolute Gasteiger partial charge is 0.234 e. The van der Waals surface area contributed by atoms with E-state index in [2.05, 4.69) is 15.2 Å². The largest absolute Gasteiger partial charge is 0.379 e. The molecule has 2 rings (SSSR count). The van der Waals surface area contributed by atoms with E-state index in [1.807, 2.05) is 5.38 Å². The summed E-state index contributed by atoms with van der Waals surface area (Å²) in [6, 6.07) is 0. The number of nitrogens with two attached hydrogens (primary N) is 1. The minimum atomic E-state index is 0.0556. The highest BCUT2D eigenvalue weighted by atomic mass is 32.1. The maximum absolute atomic E-state index is 11.7. The first-order valence-electron chi connectivity index (χ1n) is 6.01. The first kappa shape index (κ1) is 13.3. The van der Waals surface area contributed by atoms with Crippen LogP contribution in [0.2, 0.25) is 0 Å². The number of morpholine rings is 1. The van der Waals surface area contributed by atoms with Crippen LogP contribution in [0.5, 0.6) is 0 Å². The maximum atomic E-state index is 11.7. The van der Waals surface area contributed by atoms with Crippen LogP contribution < -0.4 is 11.1 Å². The van der Waals surface area contributed by atoms with Crippen molar-refractivity contribution in [1.29, 1.82) is 0 Å². The Bertz CT molecular complexity index is 390. The average Bonchev–Trinajstić information content (AvgIpc) is 2.76. The van der Waals surface area contributed by atoms with Crippen molar-refractivity contribution in [2.75, 3.05) is 45.1 Å². The zero-order chi connectivity index (χ0) is 12.8. The average molecular weight is 270 g/mol. The summed E-state index contributed by atoms with van der Waals surface area (Å²) < 4.78 is 5.23. The molecule has 0 spiro atoms. The number of nitrogens with zero attached hydrogens (tertiary/aromatic N) is 2. The standard InChI is InChI=1S/C11H18N4O2S/c12-11-14-9(8-18-11)1-2-13-10(16)7-15-3-5-17-6-4-15/h8H,1-7H2,(H2,12,14)(H,13,16). The first-order chi connectivity index (χ1) is 8.74.